The molecule has 1 heterocycles. The second-order valence-corrected chi connectivity index (χ2v) is 7.72. The molecule has 3 rings (SSSR count). The maximum absolute atomic E-state index is 14.0. The summed E-state index contributed by atoms with van der Waals surface area (Å²) >= 11 is 11.8. The number of aromatic nitrogens is 2. The van der Waals surface area contributed by atoms with Gasteiger partial charge in [-0.3, -0.25) is 0 Å². The van der Waals surface area contributed by atoms with Crippen LogP contribution < -0.4 is 15.8 Å². The van der Waals surface area contributed by atoms with Crippen LogP contribution in [0.3, 0.4) is 0 Å². The number of nitrogens with zero attached hydrogens (tertiary/aromatic N) is 2. The lowest BCUT2D eigenvalue weighted by Crippen LogP contribution is -2.12. The highest BCUT2D eigenvalue weighted by Gasteiger charge is 2.11. The minimum absolute atomic E-state index is 0.0468. The first-order valence-corrected chi connectivity index (χ1v) is 9.67. The summed E-state index contributed by atoms with van der Waals surface area (Å²) in [6.07, 6.45) is 0.971. The molecule has 27 heavy (non-hydrogen) atoms. The Morgan fingerprint density at radius 2 is 1.74 bits per heavy atom. The zero-order chi connectivity index (χ0) is 19.6. The van der Waals surface area contributed by atoms with Crippen LogP contribution in [0.1, 0.15) is 0 Å². The van der Waals surface area contributed by atoms with Crippen molar-refractivity contribution in [2.24, 2.45) is 5.14 Å². The molecule has 0 amide bonds. The lowest BCUT2D eigenvalue weighted by atomic mass is 10.3. The molecule has 0 atom stereocenters. The fourth-order valence-electron chi connectivity index (χ4n) is 2.11. The SMILES string of the molecule is NS(=O)(=O)c1cccc(Nc2ncc(F)c(Nc3ccc(Cl)c(Cl)c3)n2)c1. The van der Waals surface area contributed by atoms with Crippen molar-refractivity contribution < 1.29 is 12.8 Å². The van der Waals surface area contributed by atoms with Crippen LogP contribution in [-0.2, 0) is 10.0 Å². The Hall–Kier alpha value is -2.46. The van der Waals surface area contributed by atoms with Gasteiger partial charge in [0.2, 0.25) is 16.0 Å². The Kier molecular flexibility index (Phi) is 5.47. The topological polar surface area (TPSA) is 110 Å². The van der Waals surface area contributed by atoms with E-state index in [9.17, 15) is 12.8 Å². The maximum Gasteiger partial charge on any atom is 0.238 e. The number of nitrogens with one attached hydrogen (secondary N) is 2. The van der Waals surface area contributed by atoms with Crippen molar-refractivity contribution in [3.63, 3.8) is 0 Å². The Morgan fingerprint density at radius 1 is 1.00 bits per heavy atom. The molecule has 1 aromatic heterocycles. The Labute approximate surface area is 164 Å². The van der Waals surface area contributed by atoms with Gasteiger partial charge in [0.25, 0.3) is 0 Å². The number of hydrogen-bond donors (Lipinski definition) is 3. The number of hydrogen-bond acceptors (Lipinski definition) is 6. The molecule has 0 unspecified atom stereocenters. The third-order valence-electron chi connectivity index (χ3n) is 3.35. The molecule has 0 spiro atoms. The summed E-state index contributed by atoms with van der Waals surface area (Å²) in [5, 5.41) is 11.3. The molecule has 7 nitrogen and oxygen atoms in total. The predicted molar refractivity (Wildman–Crippen MR) is 103 cm³/mol. The van der Waals surface area contributed by atoms with Crippen molar-refractivity contribution in [2.45, 2.75) is 4.90 Å². The smallest absolute Gasteiger partial charge is 0.238 e. The third-order valence-corrected chi connectivity index (χ3v) is 5.00. The van der Waals surface area contributed by atoms with Gasteiger partial charge < -0.3 is 10.6 Å². The molecule has 0 saturated carbocycles. The predicted octanol–water partition coefficient (Wildman–Crippen LogP) is 4.06. The number of sulfonamides is 1. The summed E-state index contributed by atoms with van der Waals surface area (Å²) in [6.45, 7) is 0. The van der Waals surface area contributed by atoms with E-state index in [1.165, 1.54) is 24.3 Å². The van der Waals surface area contributed by atoms with Gasteiger partial charge >= 0.3 is 0 Å². The standard InChI is InChI=1S/C16H12Cl2FN5O2S/c17-12-5-4-10(7-13(12)18)22-15-14(19)8-21-16(24-15)23-9-2-1-3-11(6-9)27(20,25)26/h1-8H,(H2,20,25,26)(H2,21,22,23,24). The van der Waals surface area contributed by atoms with Crippen molar-refractivity contribution in [3.05, 3.63) is 64.5 Å². The van der Waals surface area contributed by atoms with Crippen LogP contribution in [0.4, 0.5) is 27.5 Å². The van der Waals surface area contributed by atoms with Crippen molar-refractivity contribution in [2.75, 3.05) is 10.6 Å². The van der Waals surface area contributed by atoms with Gasteiger partial charge in [0.05, 0.1) is 21.1 Å². The first-order chi connectivity index (χ1) is 12.7. The largest absolute Gasteiger partial charge is 0.338 e. The Bertz CT molecular complexity index is 1110. The maximum atomic E-state index is 14.0. The highest BCUT2D eigenvalue weighted by molar-refractivity contribution is 7.89. The summed E-state index contributed by atoms with van der Waals surface area (Å²) in [6, 6.07) is 10.4. The molecule has 0 aliphatic rings. The normalized spacial score (nSPS) is 11.3. The molecule has 0 aliphatic carbocycles. The van der Waals surface area contributed by atoms with Crippen LogP contribution in [0, 0.1) is 5.82 Å². The average Bonchev–Trinajstić information content (AvgIpc) is 2.61. The first kappa shape index (κ1) is 19.3. The van der Waals surface area contributed by atoms with E-state index in [2.05, 4.69) is 20.6 Å². The Balaban J connectivity index is 1.86. The molecule has 140 valence electrons. The summed E-state index contributed by atoms with van der Waals surface area (Å²) in [4.78, 5) is 7.80. The molecule has 0 bridgehead atoms. The van der Waals surface area contributed by atoms with Gasteiger partial charge in [-0.05, 0) is 36.4 Å². The van der Waals surface area contributed by atoms with E-state index in [0.29, 0.717) is 21.4 Å². The number of rotatable bonds is 5. The van der Waals surface area contributed by atoms with Crippen LogP contribution >= 0.6 is 23.2 Å². The molecule has 11 heteroatoms. The number of halogens is 3. The lowest BCUT2D eigenvalue weighted by molar-refractivity contribution is 0.598. The van der Waals surface area contributed by atoms with Crippen LogP contribution in [0.5, 0.6) is 0 Å². The van der Waals surface area contributed by atoms with E-state index in [1.807, 2.05) is 0 Å². The van der Waals surface area contributed by atoms with Crippen LogP contribution in [0.15, 0.2) is 53.6 Å². The first-order valence-electron chi connectivity index (χ1n) is 7.37. The van der Waals surface area contributed by atoms with Gasteiger partial charge in [-0.2, -0.15) is 4.98 Å². The van der Waals surface area contributed by atoms with Gasteiger partial charge in [0.1, 0.15) is 0 Å². The van der Waals surface area contributed by atoms with E-state index in [-0.39, 0.29) is 16.7 Å². The zero-order valence-electron chi connectivity index (χ0n) is 13.4. The summed E-state index contributed by atoms with van der Waals surface area (Å²) in [5.41, 5.74) is 0.845. The van der Waals surface area contributed by atoms with Gasteiger partial charge in [-0.1, -0.05) is 29.3 Å². The highest BCUT2D eigenvalue weighted by Crippen LogP contribution is 2.27. The van der Waals surface area contributed by atoms with E-state index >= 15 is 0 Å². The fourth-order valence-corrected chi connectivity index (χ4v) is 2.96. The van der Waals surface area contributed by atoms with Crippen LogP contribution in [0.25, 0.3) is 0 Å². The number of nitrogens with two attached hydrogens (primary N) is 1. The number of primary sulfonamides is 1. The fraction of sp³-hybridized carbons (Fsp3) is 0. The van der Waals surface area contributed by atoms with Crippen molar-refractivity contribution >= 4 is 56.4 Å². The van der Waals surface area contributed by atoms with E-state index in [4.69, 9.17) is 28.3 Å². The second kappa shape index (κ2) is 7.65. The monoisotopic (exact) mass is 427 g/mol. The van der Waals surface area contributed by atoms with Gasteiger partial charge in [0, 0.05) is 11.4 Å². The number of anilines is 4. The lowest BCUT2D eigenvalue weighted by Gasteiger charge is -2.10. The Morgan fingerprint density at radius 3 is 2.44 bits per heavy atom. The van der Waals surface area contributed by atoms with Crippen molar-refractivity contribution in [1.82, 2.24) is 9.97 Å². The molecule has 0 saturated heterocycles. The molecule has 2 aromatic carbocycles. The molecule has 0 fully saturated rings. The minimum atomic E-state index is -3.86. The minimum Gasteiger partial charge on any atom is -0.338 e. The van der Waals surface area contributed by atoms with Crippen molar-refractivity contribution in [1.29, 1.82) is 0 Å². The summed E-state index contributed by atoms with van der Waals surface area (Å²) in [7, 11) is -3.86. The molecule has 0 radical (unpaired) electrons. The molecule has 4 N–H and O–H groups in total. The average molecular weight is 428 g/mol. The van der Waals surface area contributed by atoms with E-state index < -0.39 is 15.8 Å². The molecular formula is C16H12Cl2FN5O2S. The van der Waals surface area contributed by atoms with E-state index in [1.54, 1.807) is 18.2 Å². The molecule has 0 aliphatic heterocycles. The quantitative estimate of drug-likeness (QED) is 0.566. The van der Waals surface area contributed by atoms with Gasteiger partial charge in [-0.15, -0.1) is 0 Å². The van der Waals surface area contributed by atoms with Gasteiger partial charge in [0.15, 0.2) is 11.6 Å². The number of benzene rings is 2. The summed E-state index contributed by atoms with van der Waals surface area (Å²) in [5.74, 6) is -0.746. The third kappa shape index (κ3) is 4.83. The van der Waals surface area contributed by atoms with Crippen molar-refractivity contribution in [3.8, 4) is 0 Å². The summed E-state index contributed by atoms with van der Waals surface area (Å²) < 4.78 is 36.9. The van der Waals surface area contributed by atoms with Crippen LogP contribution in [0.2, 0.25) is 10.0 Å². The molecular weight excluding hydrogens is 416 g/mol. The zero-order valence-corrected chi connectivity index (χ0v) is 15.8. The van der Waals surface area contributed by atoms with E-state index in [0.717, 1.165) is 6.20 Å². The molecule has 3 aromatic rings. The van der Waals surface area contributed by atoms with Gasteiger partial charge in [-0.25, -0.2) is 22.9 Å². The van der Waals surface area contributed by atoms with Crippen LogP contribution in [-0.4, -0.2) is 18.4 Å². The second-order valence-electron chi connectivity index (χ2n) is 5.34. The highest BCUT2D eigenvalue weighted by atomic mass is 35.5.